The third-order valence-corrected chi connectivity index (χ3v) is 7.10. The second-order valence-corrected chi connectivity index (χ2v) is 11.2. The second-order valence-electron chi connectivity index (χ2n) is 8.06. The molecule has 0 saturated carbocycles. The topological polar surface area (TPSA) is 86.8 Å². The molecule has 2 aromatic carbocycles. The molecular formula is C23H28Cl3N3O4S. The third-order valence-electron chi connectivity index (χ3n) is 5.00. The van der Waals surface area contributed by atoms with Crippen LogP contribution >= 0.6 is 34.8 Å². The zero-order valence-electron chi connectivity index (χ0n) is 19.4. The molecule has 0 heterocycles. The van der Waals surface area contributed by atoms with Gasteiger partial charge in [-0.2, -0.15) is 0 Å². The SMILES string of the molecule is CCC(C(=O)NC(C)C)N(Cc1c(Cl)cccc1Cl)C(=O)CN(c1ccc(Cl)cc1)S(C)(=O)=O. The van der Waals surface area contributed by atoms with Gasteiger partial charge in [-0.1, -0.05) is 47.8 Å². The average Bonchev–Trinajstić information content (AvgIpc) is 2.73. The lowest BCUT2D eigenvalue weighted by Gasteiger charge is -2.33. The van der Waals surface area contributed by atoms with Crippen molar-refractivity contribution in [3.05, 3.63) is 63.1 Å². The van der Waals surface area contributed by atoms with Crippen LogP contribution in [0.25, 0.3) is 0 Å². The standard InChI is InChI=1S/C23H28Cl3N3O4S/c1-5-21(23(31)27-15(2)3)28(13-18-19(25)7-6-8-20(18)26)22(30)14-29(34(4,32)33)17-11-9-16(24)10-12-17/h6-12,15,21H,5,13-14H2,1-4H3,(H,27,31). The van der Waals surface area contributed by atoms with E-state index in [-0.39, 0.29) is 24.2 Å². The number of carbonyl (C=O) groups excluding carboxylic acids is 2. The highest BCUT2D eigenvalue weighted by atomic mass is 35.5. The Hall–Kier alpha value is -2.00. The maximum atomic E-state index is 13.6. The second kappa shape index (κ2) is 12.1. The molecule has 0 radical (unpaired) electrons. The molecule has 0 fully saturated rings. The molecular weight excluding hydrogens is 521 g/mol. The maximum absolute atomic E-state index is 13.6. The molecule has 2 amide bonds. The summed E-state index contributed by atoms with van der Waals surface area (Å²) in [5, 5.41) is 3.92. The predicted octanol–water partition coefficient (Wildman–Crippen LogP) is 4.74. The van der Waals surface area contributed by atoms with E-state index in [1.54, 1.807) is 25.1 Å². The van der Waals surface area contributed by atoms with E-state index in [4.69, 9.17) is 34.8 Å². The van der Waals surface area contributed by atoms with E-state index in [2.05, 4.69) is 5.32 Å². The molecule has 11 heteroatoms. The normalized spacial score (nSPS) is 12.4. The molecule has 0 saturated heterocycles. The van der Waals surface area contributed by atoms with E-state index in [1.807, 2.05) is 13.8 Å². The summed E-state index contributed by atoms with van der Waals surface area (Å²) in [6.07, 6.45) is 1.30. The number of nitrogens with zero attached hydrogens (tertiary/aromatic N) is 2. The van der Waals surface area contributed by atoms with Crippen molar-refractivity contribution in [2.24, 2.45) is 0 Å². The Morgan fingerprint density at radius 1 is 1.00 bits per heavy atom. The van der Waals surface area contributed by atoms with Gasteiger partial charge in [0.2, 0.25) is 21.8 Å². The van der Waals surface area contributed by atoms with Gasteiger partial charge in [0.05, 0.1) is 11.9 Å². The molecule has 186 valence electrons. The van der Waals surface area contributed by atoms with Crippen LogP contribution in [0.5, 0.6) is 0 Å². The van der Waals surface area contributed by atoms with Gasteiger partial charge in [0.1, 0.15) is 12.6 Å². The van der Waals surface area contributed by atoms with Gasteiger partial charge >= 0.3 is 0 Å². The Labute approximate surface area is 216 Å². The summed E-state index contributed by atoms with van der Waals surface area (Å²) in [5.74, 6) is -0.937. The van der Waals surface area contributed by atoms with Crippen molar-refractivity contribution in [3.8, 4) is 0 Å². The predicted molar refractivity (Wildman–Crippen MR) is 138 cm³/mol. The summed E-state index contributed by atoms with van der Waals surface area (Å²) in [6.45, 7) is 4.81. The molecule has 0 aliphatic heterocycles. The summed E-state index contributed by atoms with van der Waals surface area (Å²) in [4.78, 5) is 27.9. The Morgan fingerprint density at radius 2 is 1.56 bits per heavy atom. The number of benzene rings is 2. The van der Waals surface area contributed by atoms with E-state index >= 15 is 0 Å². The van der Waals surface area contributed by atoms with Crippen LogP contribution < -0.4 is 9.62 Å². The monoisotopic (exact) mass is 547 g/mol. The number of hydrogen-bond donors (Lipinski definition) is 1. The highest BCUT2D eigenvalue weighted by Crippen LogP contribution is 2.28. The van der Waals surface area contributed by atoms with Gasteiger partial charge in [-0.15, -0.1) is 0 Å². The maximum Gasteiger partial charge on any atom is 0.244 e. The van der Waals surface area contributed by atoms with Crippen LogP contribution in [0.1, 0.15) is 32.8 Å². The molecule has 7 nitrogen and oxygen atoms in total. The van der Waals surface area contributed by atoms with Gasteiger partial charge < -0.3 is 10.2 Å². The zero-order chi connectivity index (χ0) is 25.6. The fourth-order valence-corrected chi connectivity index (χ4v) is 4.87. The van der Waals surface area contributed by atoms with Crippen LogP contribution in [-0.4, -0.2) is 50.0 Å². The van der Waals surface area contributed by atoms with Gasteiger partial charge in [0.15, 0.2) is 0 Å². The summed E-state index contributed by atoms with van der Waals surface area (Å²) in [5.41, 5.74) is 0.739. The van der Waals surface area contributed by atoms with Gasteiger partial charge in [-0.3, -0.25) is 13.9 Å². The quantitative estimate of drug-likeness (QED) is 0.464. The van der Waals surface area contributed by atoms with E-state index in [1.165, 1.54) is 29.2 Å². The largest absolute Gasteiger partial charge is 0.352 e. The van der Waals surface area contributed by atoms with Gasteiger partial charge in [-0.05, 0) is 56.7 Å². The van der Waals surface area contributed by atoms with Gasteiger partial charge in [-0.25, -0.2) is 8.42 Å². The lowest BCUT2D eigenvalue weighted by atomic mass is 10.1. The number of nitrogens with one attached hydrogen (secondary N) is 1. The van der Waals surface area contributed by atoms with E-state index in [0.717, 1.165) is 10.6 Å². The van der Waals surface area contributed by atoms with E-state index in [9.17, 15) is 18.0 Å². The van der Waals surface area contributed by atoms with Crippen LogP contribution in [0.2, 0.25) is 15.1 Å². The number of rotatable bonds is 10. The van der Waals surface area contributed by atoms with Gasteiger partial charge in [0, 0.05) is 33.2 Å². The fourth-order valence-electron chi connectivity index (χ4n) is 3.37. The number of amides is 2. The Morgan fingerprint density at radius 3 is 2.03 bits per heavy atom. The van der Waals surface area contributed by atoms with Crippen molar-refractivity contribution in [1.82, 2.24) is 10.2 Å². The number of hydrogen-bond acceptors (Lipinski definition) is 4. The summed E-state index contributed by atoms with van der Waals surface area (Å²) >= 11 is 18.6. The first-order valence-corrected chi connectivity index (χ1v) is 13.6. The first kappa shape index (κ1) is 28.2. The minimum atomic E-state index is -3.83. The molecule has 1 N–H and O–H groups in total. The number of sulfonamides is 1. The molecule has 0 aromatic heterocycles. The van der Waals surface area contributed by atoms with E-state index < -0.39 is 28.5 Å². The summed E-state index contributed by atoms with van der Waals surface area (Å²) in [7, 11) is -3.83. The first-order valence-electron chi connectivity index (χ1n) is 10.6. The van der Waals surface area contributed by atoms with Crippen molar-refractivity contribution in [2.45, 2.75) is 45.8 Å². The molecule has 0 aliphatic rings. The molecule has 1 atom stereocenters. The Kier molecular flexibility index (Phi) is 10.1. The Balaban J connectivity index is 2.49. The molecule has 0 bridgehead atoms. The van der Waals surface area contributed by atoms with Crippen LogP contribution in [-0.2, 0) is 26.2 Å². The average molecular weight is 549 g/mol. The van der Waals surface area contributed by atoms with Gasteiger partial charge in [0.25, 0.3) is 0 Å². The third kappa shape index (κ3) is 7.50. The minimum Gasteiger partial charge on any atom is -0.352 e. The lowest BCUT2D eigenvalue weighted by molar-refractivity contribution is -0.140. The molecule has 1 unspecified atom stereocenters. The molecule has 0 spiro atoms. The van der Waals surface area contributed by atoms with Crippen molar-refractivity contribution in [1.29, 1.82) is 0 Å². The molecule has 0 aliphatic carbocycles. The van der Waals surface area contributed by atoms with Crippen LogP contribution in [0.3, 0.4) is 0 Å². The number of anilines is 1. The Bertz CT molecular complexity index is 1100. The van der Waals surface area contributed by atoms with E-state index in [0.29, 0.717) is 27.1 Å². The highest BCUT2D eigenvalue weighted by Gasteiger charge is 2.32. The lowest BCUT2D eigenvalue weighted by Crippen LogP contribution is -2.53. The van der Waals surface area contributed by atoms with Crippen LogP contribution in [0.15, 0.2) is 42.5 Å². The van der Waals surface area contributed by atoms with Crippen LogP contribution in [0, 0.1) is 0 Å². The molecule has 2 aromatic rings. The highest BCUT2D eigenvalue weighted by molar-refractivity contribution is 7.92. The van der Waals surface area contributed by atoms with Crippen molar-refractivity contribution >= 4 is 62.3 Å². The van der Waals surface area contributed by atoms with Crippen molar-refractivity contribution in [2.75, 3.05) is 17.1 Å². The van der Waals surface area contributed by atoms with Crippen LogP contribution in [0.4, 0.5) is 5.69 Å². The zero-order valence-corrected chi connectivity index (χ0v) is 22.5. The first-order chi connectivity index (χ1) is 15.8. The summed E-state index contributed by atoms with van der Waals surface area (Å²) < 4.78 is 26.1. The van der Waals surface area contributed by atoms with Crippen molar-refractivity contribution < 1.29 is 18.0 Å². The molecule has 2 rings (SSSR count). The fraction of sp³-hybridized carbons (Fsp3) is 0.391. The minimum absolute atomic E-state index is 0.0699. The summed E-state index contributed by atoms with van der Waals surface area (Å²) in [6, 6.07) is 10.0. The van der Waals surface area contributed by atoms with Crippen molar-refractivity contribution in [3.63, 3.8) is 0 Å². The smallest absolute Gasteiger partial charge is 0.244 e. The molecule has 34 heavy (non-hydrogen) atoms. The number of halogens is 3. The number of carbonyl (C=O) groups is 2.